The van der Waals surface area contributed by atoms with E-state index in [4.69, 9.17) is 13.9 Å². The molecule has 0 saturated heterocycles. The number of furan rings is 1. The predicted octanol–water partition coefficient (Wildman–Crippen LogP) is 2.92. The molecule has 0 aliphatic carbocycles. The highest BCUT2D eigenvalue weighted by Crippen LogP contribution is 2.24. The average Bonchev–Trinajstić information content (AvgIpc) is 3.34. The maximum Gasteiger partial charge on any atom is 0.234 e. The summed E-state index contributed by atoms with van der Waals surface area (Å²) >= 11 is 1.30. The molecular weight excluding hydrogens is 368 g/mol. The summed E-state index contributed by atoms with van der Waals surface area (Å²) in [4.78, 5) is 12.3. The van der Waals surface area contributed by atoms with Gasteiger partial charge in [-0.05, 0) is 24.3 Å². The van der Waals surface area contributed by atoms with Crippen molar-refractivity contribution in [3.8, 4) is 17.3 Å². The van der Waals surface area contributed by atoms with Crippen molar-refractivity contribution in [3.63, 3.8) is 0 Å². The molecule has 0 atom stereocenters. The highest BCUT2D eigenvalue weighted by atomic mass is 32.2. The van der Waals surface area contributed by atoms with E-state index in [0.717, 1.165) is 0 Å². The normalized spacial score (nSPS) is 10.7. The quantitative estimate of drug-likeness (QED) is 0.564. The Balaban J connectivity index is 1.67. The number of amides is 1. The minimum Gasteiger partial charge on any atom is -0.497 e. The Kier molecular flexibility index (Phi) is 6.50. The number of benzene rings is 1. The first-order valence-electron chi connectivity index (χ1n) is 8.24. The molecule has 1 aromatic carbocycles. The molecule has 3 rings (SSSR count). The SMILES string of the molecule is COCCn1c(SCC(=O)Nc2cccc(OC)c2)nnc1-c1ccco1. The molecule has 0 aliphatic heterocycles. The van der Waals surface area contributed by atoms with Crippen LogP contribution in [0.15, 0.2) is 52.2 Å². The molecule has 0 aliphatic rings. The van der Waals surface area contributed by atoms with Gasteiger partial charge >= 0.3 is 0 Å². The van der Waals surface area contributed by atoms with Crippen molar-refractivity contribution in [1.82, 2.24) is 14.8 Å². The van der Waals surface area contributed by atoms with Crippen molar-refractivity contribution >= 4 is 23.4 Å². The molecular formula is C18H20N4O4S. The van der Waals surface area contributed by atoms with Crippen molar-refractivity contribution in [2.24, 2.45) is 0 Å². The zero-order chi connectivity index (χ0) is 19.1. The molecule has 0 saturated carbocycles. The summed E-state index contributed by atoms with van der Waals surface area (Å²) < 4.78 is 17.6. The minimum absolute atomic E-state index is 0.144. The van der Waals surface area contributed by atoms with Crippen molar-refractivity contribution < 1.29 is 18.7 Å². The summed E-state index contributed by atoms with van der Waals surface area (Å²) in [6.07, 6.45) is 1.58. The van der Waals surface area contributed by atoms with Gasteiger partial charge in [0.2, 0.25) is 11.7 Å². The Labute approximate surface area is 160 Å². The molecule has 142 valence electrons. The Morgan fingerprint density at radius 3 is 2.89 bits per heavy atom. The fraction of sp³-hybridized carbons (Fsp3) is 0.278. The van der Waals surface area contributed by atoms with Crippen LogP contribution in [-0.4, -0.2) is 47.3 Å². The van der Waals surface area contributed by atoms with Crippen LogP contribution in [-0.2, 0) is 16.1 Å². The van der Waals surface area contributed by atoms with Crippen molar-refractivity contribution in [2.45, 2.75) is 11.7 Å². The van der Waals surface area contributed by atoms with Gasteiger partial charge in [0.15, 0.2) is 10.9 Å². The van der Waals surface area contributed by atoms with Gasteiger partial charge in [-0.2, -0.15) is 0 Å². The van der Waals surface area contributed by atoms with Crippen molar-refractivity contribution in [2.75, 3.05) is 31.9 Å². The van der Waals surface area contributed by atoms with Gasteiger partial charge in [0.1, 0.15) is 5.75 Å². The van der Waals surface area contributed by atoms with Gasteiger partial charge in [0, 0.05) is 18.9 Å². The van der Waals surface area contributed by atoms with Gasteiger partial charge in [0.25, 0.3) is 0 Å². The summed E-state index contributed by atoms with van der Waals surface area (Å²) in [5.74, 6) is 1.96. The lowest BCUT2D eigenvalue weighted by Gasteiger charge is -2.09. The molecule has 1 amide bonds. The fourth-order valence-electron chi connectivity index (χ4n) is 2.40. The van der Waals surface area contributed by atoms with Crippen LogP contribution in [0.1, 0.15) is 0 Å². The lowest BCUT2D eigenvalue weighted by Crippen LogP contribution is -2.15. The number of hydrogen-bond donors (Lipinski definition) is 1. The number of nitrogens with zero attached hydrogens (tertiary/aromatic N) is 3. The first-order valence-corrected chi connectivity index (χ1v) is 9.22. The lowest BCUT2D eigenvalue weighted by molar-refractivity contribution is -0.113. The van der Waals surface area contributed by atoms with Gasteiger partial charge in [-0.1, -0.05) is 17.8 Å². The van der Waals surface area contributed by atoms with E-state index in [1.165, 1.54) is 11.8 Å². The summed E-state index contributed by atoms with van der Waals surface area (Å²) in [6, 6.07) is 10.8. The molecule has 0 fully saturated rings. The number of anilines is 1. The molecule has 3 aromatic rings. The number of nitrogens with one attached hydrogen (secondary N) is 1. The Morgan fingerprint density at radius 1 is 1.26 bits per heavy atom. The topological polar surface area (TPSA) is 91.4 Å². The third-order valence-corrected chi connectivity index (χ3v) is 4.63. The van der Waals surface area contributed by atoms with E-state index in [-0.39, 0.29) is 11.7 Å². The van der Waals surface area contributed by atoms with E-state index in [9.17, 15) is 4.79 Å². The van der Waals surface area contributed by atoms with Crippen LogP contribution in [0.4, 0.5) is 5.69 Å². The number of methoxy groups -OCH3 is 2. The third kappa shape index (κ3) is 4.89. The summed E-state index contributed by atoms with van der Waals surface area (Å²) in [7, 11) is 3.21. The van der Waals surface area contributed by atoms with Crippen molar-refractivity contribution in [1.29, 1.82) is 0 Å². The highest BCUT2D eigenvalue weighted by molar-refractivity contribution is 7.99. The van der Waals surface area contributed by atoms with Gasteiger partial charge in [-0.3, -0.25) is 9.36 Å². The molecule has 27 heavy (non-hydrogen) atoms. The minimum atomic E-state index is -0.144. The maximum absolute atomic E-state index is 12.3. The second-order valence-corrected chi connectivity index (χ2v) is 6.44. The van der Waals surface area contributed by atoms with Gasteiger partial charge in [0.05, 0.1) is 32.3 Å². The number of ether oxygens (including phenoxy) is 2. The zero-order valence-electron chi connectivity index (χ0n) is 15.0. The summed E-state index contributed by atoms with van der Waals surface area (Å²) in [5, 5.41) is 11.9. The standard InChI is InChI=1S/C18H20N4O4S/c1-24-10-8-22-17(15-7-4-9-26-15)20-21-18(22)27-12-16(23)19-13-5-3-6-14(11-13)25-2/h3-7,9,11H,8,10,12H2,1-2H3,(H,19,23). The average molecular weight is 388 g/mol. The highest BCUT2D eigenvalue weighted by Gasteiger charge is 2.17. The fourth-order valence-corrected chi connectivity index (χ4v) is 3.16. The molecule has 0 spiro atoms. The van der Waals surface area contributed by atoms with Crippen LogP contribution in [0.25, 0.3) is 11.6 Å². The number of carbonyl (C=O) groups excluding carboxylic acids is 1. The van der Waals surface area contributed by atoms with E-state index < -0.39 is 0 Å². The molecule has 8 nitrogen and oxygen atoms in total. The second kappa shape index (κ2) is 9.24. The molecule has 2 aromatic heterocycles. The Morgan fingerprint density at radius 2 is 2.15 bits per heavy atom. The molecule has 1 N–H and O–H groups in total. The van der Waals surface area contributed by atoms with Crippen LogP contribution in [0.3, 0.4) is 0 Å². The van der Waals surface area contributed by atoms with Gasteiger partial charge < -0.3 is 19.2 Å². The van der Waals surface area contributed by atoms with E-state index in [2.05, 4.69) is 15.5 Å². The van der Waals surface area contributed by atoms with Crippen molar-refractivity contribution in [3.05, 3.63) is 42.7 Å². The number of thioether (sulfide) groups is 1. The Hall–Kier alpha value is -2.78. The maximum atomic E-state index is 12.3. The molecule has 9 heteroatoms. The molecule has 0 radical (unpaired) electrons. The Bertz CT molecular complexity index is 879. The van der Waals surface area contributed by atoms with E-state index in [1.807, 2.05) is 22.8 Å². The number of aromatic nitrogens is 3. The van der Waals surface area contributed by atoms with E-state index >= 15 is 0 Å². The monoisotopic (exact) mass is 388 g/mol. The first kappa shape index (κ1) is 19.0. The van der Waals surface area contributed by atoms with Crippen LogP contribution >= 0.6 is 11.8 Å². The van der Waals surface area contributed by atoms with Gasteiger partial charge in [-0.15, -0.1) is 10.2 Å². The smallest absolute Gasteiger partial charge is 0.234 e. The van der Waals surface area contributed by atoms with Crippen LogP contribution in [0.2, 0.25) is 0 Å². The van der Waals surface area contributed by atoms with Crippen LogP contribution < -0.4 is 10.1 Å². The van der Waals surface area contributed by atoms with Crippen LogP contribution in [0.5, 0.6) is 5.75 Å². The van der Waals surface area contributed by atoms with E-state index in [1.54, 1.807) is 38.7 Å². The largest absolute Gasteiger partial charge is 0.497 e. The lowest BCUT2D eigenvalue weighted by atomic mass is 10.3. The second-order valence-electron chi connectivity index (χ2n) is 5.50. The first-order chi connectivity index (χ1) is 13.2. The van der Waals surface area contributed by atoms with Gasteiger partial charge in [-0.25, -0.2) is 0 Å². The number of carbonyl (C=O) groups is 1. The summed E-state index contributed by atoms with van der Waals surface area (Å²) in [6.45, 7) is 1.05. The molecule has 0 unspecified atom stereocenters. The number of hydrogen-bond acceptors (Lipinski definition) is 7. The summed E-state index contributed by atoms with van der Waals surface area (Å²) in [5.41, 5.74) is 0.678. The molecule has 2 heterocycles. The zero-order valence-corrected chi connectivity index (χ0v) is 15.9. The number of rotatable bonds is 9. The van der Waals surface area contributed by atoms with E-state index in [0.29, 0.717) is 41.3 Å². The third-order valence-electron chi connectivity index (χ3n) is 3.66. The predicted molar refractivity (Wildman–Crippen MR) is 102 cm³/mol. The van der Waals surface area contributed by atoms with Crippen LogP contribution in [0, 0.1) is 0 Å². The molecule has 0 bridgehead atoms.